The van der Waals surface area contributed by atoms with Crippen molar-refractivity contribution >= 4 is 216 Å². The maximum atomic E-state index is 8.86. The zero-order chi connectivity index (χ0) is 79.2. The Hall–Kier alpha value is -15.8. The molecular weight excluding hydrogens is 1480 g/mol. The van der Waals surface area contributed by atoms with Crippen LogP contribution in [-0.2, 0) is 6.54 Å². The standard InChI is InChI=1S/C53H34N4O2.C37H22ClN3O2.C16H11N/c54-52(32-15-2-1-3-16-32)56-53(40-24-14-28-47-48(40)38-22-9-12-26-45(38)58-47)55-31-42-49-39-23-10-13-27-46(39)59-51(49)37-21-7-6-20-36(37)50(42)57-43-25-11-8-19-35(43)41-29-33-17-4-5-18-34(33)30-44(41)57;38-34-23-13-4-5-14-24(23)35-33(26-16-7-9-19-30(26)43-35)28(34)21-40-37(41-36(39)22-11-2-1-3-12-22)27-17-10-20-31-32(27)25-15-6-8-18-29(25)42-31;1-2-6-12-10-16-14(9-11(12)5-1)13-7-3-4-8-15(13)17-16/h1-30H,31H2,(H2,54,55,56);1-21,39H;1-10,17H. The number of nitrogens with two attached hydrogens (primary N) is 1. The molecule has 119 heavy (non-hydrogen) atoms. The Morgan fingerprint density at radius 1 is 0.353 bits per heavy atom. The monoisotopic (exact) mass is 1550 g/mol. The number of H-pyrrole nitrogens is 1. The molecule has 0 bridgehead atoms. The third kappa shape index (κ3) is 12.0. The Balaban J connectivity index is 0.000000123. The maximum Gasteiger partial charge on any atom is 0.162 e. The lowest BCUT2D eigenvalue weighted by Crippen LogP contribution is -2.16. The van der Waals surface area contributed by atoms with Gasteiger partial charge in [-0.25, -0.2) is 15.0 Å². The van der Waals surface area contributed by atoms with Crippen LogP contribution in [0.3, 0.4) is 0 Å². The molecule has 0 unspecified atom stereocenters. The Labute approximate surface area is 684 Å². The fourth-order valence-corrected chi connectivity index (χ4v) is 17.7. The molecule has 0 saturated heterocycles. The van der Waals surface area contributed by atoms with Crippen LogP contribution in [0.15, 0.2) is 402 Å². The highest BCUT2D eigenvalue weighted by atomic mass is 35.5. The maximum absolute atomic E-state index is 8.86. The minimum absolute atomic E-state index is 0.0982. The number of fused-ring (bicyclic) bond motifs is 24. The highest BCUT2D eigenvalue weighted by molar-refractivity contribution is 6.42. The van der Waals surface area contributed by atoms with E-state index in [0.717, 1.165) is 154 Å². The number of nitrogens with zero attached hydrogens (tertiary/aromatic N) is 5. The van der Waals surface area contributed by atoms with Gasteiger partial charge < -0.3 is 33.0 Å². The molecule has 0 radical (unpaired) electrons. The molecule has 0 spiro atoms. The Morgan fingerprint density at radius 3 is 1.42 bits per heavy atom. The van der Waals surface area contributed by atoms with E-state index in [2.05, 4.69) is 179 Å². The second-order valence-corrected chi connectivity index (χ2v) is 30.1. The van der Waals surface area contributed by atoms with Gasteiger partial charge in [0.15, 0.2) is 17.5 Å². The van der Waals surface area contributed by atoms with Crippen molar-refractivity contribution in [1.29, 1.82) is 5.41 Å². The summed E-state index contributed by atoms with van der Waals surface area (Å²) >= 11 is 7.13. The second-order valence-electron chi connectivity index (χ2n) is 29.7. The largest absolute Gasteiger partial charge is 0.456 e. The number of para-hydroxylation sites is 6. The van der Waals surface area contributed by atoms with E-state index in [1.165, 1.54) is 54.1 Å². The van der Waals surface area contributed by atoms with Gasteiger partial charge >= 0.3 is 0 Å². The van der Waals surface area contributed by atoms with E-state index in [-0.39, 0.29) is 12.4 Å². The van der Waals surface area contributed by atoms with Crippen molar-refractivity contribution < 1.29 is 17.7 Å². The number of benzene rings is 18. The van der Waals surface area contributed by atoms with Gasteiger partial charge in [0.05, 0.1) is 28.3 Å². The fraction of sp³-hybridized carbons (Fsp3) is 0.00943. The highest BCUT2D eigenvalue weighted by Crippen LogP contribution is 2.47. The molecule has 0 atom stereocenters. The number of hydrogen-bond donors (Lipinski definition) is 3. The molecule has 6 aromatic heterocycles. The van der Waals surface area contributed by atoms with Gasteiger partial charge in [0.1, 0.15) is 50.5 Å². The summed E-state index contributed by atoms with van der Waals surface area (Å²) in [5.74, 6) is 1.36. The van der Waals surface area contributed by atoms with Crippen LogP contribution in [0.5, 0.6) is 0 Å². The molecule has 0 amide bonds. The van der Waals surface area contributed by atoms with E-state index in [1.807, 2.05) is 194 Å². The van der Waals surface area contributed by atoms with Crippen LogP contribution in [0.4, 0.5) is 0 Å². The van der Waals surface area contributed by atoms with Crippen molar-refractivity contribution in [2.75, 3.05) is 0 Å². The molecule has 24 aromatic rings. The Kier molecular flexibility index (Phi) is 17.0. The summed E-state index contributed by atoms with van der Waals surface area (Å²) in [6.45, 7) is 0.273. The van der Waals surface area contributed by atoms with Crippen LogP contribution in [0, 0.1) is 5.41 Å². The summed E-state index contributed by atoms with van der Waals surface area (Å²) in [5, 5.41) is 30.9. The van der Waals surface area contributed by atoms with Crippen LogP contribution in [0.1, 0.15) is 33.4 Å². The second kappa shape index (κ2) is 29.0. The minimum atomic E-state index is 0.0982. The van der Waals surface area contributed by atoms with Crippen molar-refractivity contribution in [2.45, 2.75) is 6.54 Å². The van der Waals surface area contributed by atoms with Gasteiger partial charge in [0.2, 0.25) is 0 Å². The fourth-order valence-electron chi connectivity index (χ4n) is 17.4. The van der Waals surface area contributed by atoms with Gasteiger partial charge in [-0.2, -0.15) is 0 Å². The average Bonchev–Trinajstić information content (AvgIpc) is 1.55. The van der Waals surface area contributed by atoms with Crippen molar-refractivity contribution in [3.05, 3.63) is 402 Å². The Bertz CT molecular complexity index is 8400. The molecule has 4 N–H and O–H groups in total. The van der Waals surface area contributed by atoms with E-state index in [1.54, 1.807) is 6.21 Å². The van der Waals surface area contributed by atoms with Gasteiger partial charge in [-0.15, -0.1) is 0 Å². The molecule has 0 aliphatic heterocycles. The topological polar surface area (TPSA) is 173 Å². The van der Waals surface area contributed by atoms with Crippen molar-refractivity contribution in [3.8, 4) is 5.69 Å². The summed E-state index contributed by atoms with van der Waals surface area (Å²) < 4.78 is 28.2. The number of aromatic nitrogens is 2. The van der Waals surface area contributed by atoms with Crippen molar-refractivity contribution in [2.24, 2.45) is 25.7 Å². The van der Waals surface area contributed by atoms with E-state index in [0.29, 0.717) is 28.1 Å². The predicted octanol–water partition coefficient (Wildman–Crippen LogP) is 27.9. The van der Waals surface area contributed by atoms with Gasteiger partial charge in [-0.3, -0.25) is 10.4 Å². The van der Waals surface area contributed by atoms with E-state index in [4.69, 9.17) is 60.4 Å². The van der Waals surface area contributed by atoms with Gasteiger partial charge in [0.25, 0.3) is 0 Å². The first kappa shape index (κ1) is 69.9. The molecule has 13 heteroatoms. The molecule has 6 heterocycles. The molecule has 0 saturated carbocycles. The average molecular weight is 1550 g/mol. The zero-order valence-corrected chi connectivity index (χ0v) is 64.5. The van der Waals surface area contributed by atoms with Crippen LogP contribution >= 0.6 is 11.6 Å². The molecule has 0 fully saturated rings. The van der Waals surface area contributed by atoms with Gasteiger partial charge in [-0.1, -0.05) is 303 Å². The lowest BCUT2D eigenvalue weighted by Gasteiger charge is -2.18. The molecule has 24 rings (SSSR count). The number of furan rings is 4. The quantitative estimate of drug-likeness (QED) is 0.101. The molecule has 0 aliphatic rings. The highest BCUT2D eigenvalue weighted by Gasteiger charge is 2.27. The SMILES string of the molecule is N=C(N=C(N=Cc1c(Cl)c2ccccc2c2oc3ccccc3c12)c1cccc2oc3ccccc3c12)c1ccccc1.NC(=NC(=NCc1c(-n2c3ccccc3c3cc4ccccc4cc32)c2ccccc2c2oc3ccccc3c12)c1cccc2oc3ccccc3c12)c1ccccc1.c1ccc2cc3c(cc2c1)[nH]c1ccccc13. The summed E-state index contributed by atoms with van der Waals surface area (Å²) in [6, 6.07) is 123. The number of aromatic amines is 1. The number of hydrogen-bond acceptors (Lipinski definition) is 6. The number of amidine groups is 4. The lowest BCUT2D eigenvalue weighted by molar-refractivity contribution is 0.668. The van der Waals surface area contributed by atoms with E-state index < -0.39 is 0 Å². The number of aliphatic imine (C=N–C) groups is 4. The summed E-state index contributed by atoms with van der Waals surface area (Å²) in [6.07, 6.45) is 1.75. The first-order valence-corrected chi connectivity index (χ1v) is 39.9. The lowest BCUT2D eigenvalue weighted by atomic mass is 9.97. The summed E-state index contributed by atoms with van der Waals surface area (Å²) in [4.78, 5) is 23.9. The molecule has 0 aliphatic carbocycles. The number of halogens is 1. The predicted molar refractivity (Wildman–Crippen MR) is 495 cm³/mol. The number of rotatable bonds is 8. The van der Waals surface area contributed by atoms with Crippen LogP contribution in [0.2, 0.25) is 5.02 Å². The van der Waals surface area contributed by atoms with E-state index >= 15 is 0 Å². The van der Waals surface area contributed by atoms with E-state index in [9.17, 15) is 0 Å². The van der Waals surface area contributed by atoms with Crippen molar-refractivity contribution in [1.82, 2.24) is 9.55 Å². The smallest absolute Gasteiger partial charge is 0.162 e. The summed E-state index contributed by atoms with van der Waals surface area (Å²) in [7, 11) is 0. The van der Waals surface area contributed by atoms with Crippen LogP contribution in [0.25, 0.3) is 180 Å². The van der Waals surface area contributed by atoms with Crippen LogP contribution < -0.4 is 5.73 Å². The third-order valence-electron chi connectivity index (χ3n) is 22.8. The summed E-state index contributed by atoms with van der Waals surface area (Å²) in [5.41, 5.74) is 23.6. The first-order valence-electron chi connectivity index (χ1n) is 39.5. The van der Waals surface area contributed by atoms with Crippen molar-refractivity contribution in [3.63, 3.8) is 0 Å². The molecule has 18 aromatic carbocycles. The molecular formula is C106H67ClN8O4. The molecule has 562 valence electrons. The third-order valence-corrected chi connectivity index (χ3v) is 23.2. The minimum Gasteiger partial charge on any atom is -0.456 e. The van der Waals surface area contributed by atoms with Gasteiger partial charge in [0, 0.05) is 137 Å². The number of nitrogens with one attached hydrogen (secondary N) is 2. The van der Waals surface area contributed by atoms with Crippen LogP contribution in [-0.4, -0.2) is 39.1 Å². The van der Waals surface area contributed by atoms with Gasteiger partial charge in [-0.05, 0) is 94.3 Å². The molecule has 12 nitrogen and oxygen atoms in total. The normalized spacial score (nSPS) is 12.5. The first-order chi connectivity index (χ1) is 58.8. The Morgan fingerprint density at radius 2 is 0.798 bits per heavy atom. The zero-order valence-electron chi connectivity index (χ0n) is 63.7.